The van der Waals surface area contributed by atoms with Crippen molar-refractivity contribution in [3.63, 3.8) is 0 Å². The van der Waals surface area contributed by atoms with Crippen molar-refractivity contribution in [2.45, 2.75) is 13.8 Å². The van der Waals surface area contributed by atoms with Gasteiger partial charge in [-0.2, -0.15) is 0 Å². The van der Waals surface area contributed by atoms with E-state index in [-0.39, 0.29) is 11.5 Å². The summed E-state index contributed by atoms with van der Waals surface area (Å²) >= 11 is 0. The highest BCUT2D eigenvalue weighted by Crippen LogP contribution is 2.11. The van der Waals surface area contributed by atoms with Gasteiger partial charge in [-0.25, -0.2) is 0 Å². The molecular formula is C11H12O2. The van der Waals surface area contributed by atoms with E-state index in [0.29, 0.717) is 5.56 Å². The molecule has 1 N–H and O–H groups in total. The lowest BCUT2D eigenvalue weighted by Crippen LogP contribution is -1.88. The molecule has 1 aromatic carbocycles. The molecule has 0 saturated heterocycles. The third kappa shape index (κ3) is 2.75. The summed E-state index contributed by atoms with van der Waals surface area (Å²) in [6, 6.07) is 7.34. The molecule has 0 saturated carbocycles. The number of hydrogen-bond donors (Lipinski definition) is 1. The zero-order valence-corrected chi connectivity index (χ0v) is 7.74. The Morgan fingerprint density at radius 3 is 2.31 bits per heavy atom. The predicted octanol–water partition coefficient (Wildman–Crippen LogP) is 2.48. The van der Waals surface area contributed by atoms with Crippen LogP contribution in [0, 0.1) is 6.92 Å². The summed E-state index contributed by atoms with van der Waals surface area (Å²) in [5, 5.41) is 9.42. The van der Waals surface area contributed by atoms with Gasteiger partial charge in [0.15, 0.2) is 5.78 Å². The number of aliphatic hydroxyl groups excluding tert-OH is 1. The largest absolute Gasteiger partial charge is 0.507 e. The summed E-state index contributed by atoms with van der Waals surface area (Å²) < 4.78 is 0. The fourth-order valence-corrected chi connectivity index (χ4v) is 1.00. The average Bonchev–Trinajstić information content (AvgIpc) is 2.04. The second-order valence-electron chi connectivity index (χ2n) is 3.01. The summed E-state index contributed by atoms with van der Waals surface area (Å²) in [5.74, 6) is -0.134. The van der Waals surface area contributed by atoms with E-state index < -0.39 is 0 Å². The molecule has 0 spiro atoms. The molecule has 2 nitrogen and oxygen atoms in total. The molecular weight excluding hydrogens is 164 g/mol. The molecule has 0 aliphatic rings. The van der Waals surface area contributed by atoms with Gasteiger partial charge in [-0.1, -0.05) is 29.8 Å². The molecule has 1 aromatic rings. The highest BCUT2D eigenvalue weighted by atomic mass is 16.3. The molecule has 0 aromatic heterocycles. The topological polar surface area (TPSA) is 37.3 Å². The Morgan fingerprint density at radius 2 is 1.85 bits per heavy atom. The van der Waals surface area contributed by atoms with Crippen LogP contribution in [-0.2, 0) is 4.79 Å². The number of benzene rings is 1. The van der Waals surface area contributed by atoms with E-state index in [4.69, 9.17) is 0 Å². The summed E-state index contributed by atoms with van der Waals surface area (Å²) in [6.45, 7) is 3.37. The second kappa shape index (κ2) is 3.90. The zero-order chi connectivity index (χ0) is 9.84. The Morgan fingerprint density at radius 1 is 1.31 bits per heavy atom. The van der Waals surface area contributed by atoms with E-state index in [1.807, 2.05) is 19.1 Å². The van der Waals surface area contributed by atoms with E-state index in [2.05, 4.69) is 0 Å². The first kappa shape index (κ1) is 9.52. The van der Waals surface area contributed by atoms with Gasteiger partial charge in [0, 0.05) is 11.6 Å². The van der Waals surface area contributed by atoms with Crippen LogP contribution in [0.25, 0.3) is 5.76 Å². The van der Waals surface area contributed by atoms with Crippen molar-refractivity contribution < 1.29 is 9.90 Å². The van der Waals surface area contributed by atoms with Gasteiger partial charge < -0.3 is 5.11 Å². The number of carbonyl (C=O) groups is 1. The highest BCUT2D eigenvalue weighted by Gasteiger charge is 1.98. The van der Waals surface area contributed by atoms with Gasteiger partial charge in [-0.3, -0.25) is 4.79 Å². The van der Waals surface area contributed by atoms with Crippen molar-refractivity contribution in [3.05, 3.63) is 41.5 Å². The molecule has 1 rings (SSSR count). The SMILES string of the molecule is CC(=O)C=C(O)c1ccc(C)cc1. The molecule has 68 valence electrons. The summed E-state index contributed by atoms with van der Waals surface area (Å²) in [7, 11) is 0. The quantitative estimate of drug-likeness (QED) is 0.555. The molecule has 0 bridgehead atoms. The lowest BCUT2D eigenvalue weighted by molar-refractivity contribution is -0.112. The lowest BCUT2D eigenvalue weighted by atomic mass is 10.1. The molecule has 0 atom stereocenters. The van der Waals surface area contributed by atoms with Gasteiger partial charge in [-0.15, -0.1) is 0 Å². The maximum absolute atomic E-state index is 10.7. The van der Waals surface area contributed by atoms with Crippen LogP contribution in [0.3, 0.4) is 0 Å². The first-order valence-corrected chi connectivity index (χ1v) is 4.08. The van der Waals surface area contributed by atoms with Gasteiger partial charge in [0.25, 0.3) is 0 Å². The number of rotatable bonds is 2. The van der Waals surface area contributed by atoms with Crippen molar-refractivity contribution in [2.75, 3.05) is 0 Å². The van der Waals surface area contributed by atoms with Crippen LogP contribution in [0.1, 0.15) is 18.1 Å². The number of aliphatic hydroxyl groups is 1. The van der Waals surface area contributed by atoms with E-state index >= 15 is 0 Å². The molecule has 0 aliphatic carbocycles. The molecule has 0 fully saturated rings. The Hall–Kier alpha value is -1.57. The van der Waals surface area contributed by atoms with Crippen LogP contribution >= 0.6 is 0 Å². The van der Waals surface area contributed by atoms with E-state index in [1.54, 1.807) is 12.1 Å². The van der Waals surface area contributed by atoms with Crippen molar-refractivity contribution in [1.82, 2.24) is 0 Å². The first-order valence-electron chi connectivity index (χ1n) is 4.08. The monoisotopic (exact) mass is 176 g/mol. The van der Waals surface area contributed by atoms with E-state index in [1.165, 1.54) is 13.0 Å². The maximum atomic E-state index is 10.7. The Labute approximate surface area is 77.5 Å². The smallest absolute Gasteiger partial charge is 0.156 e. The third-order valence-electron chi connectivity index (χ3n) is 1.69. The molecule has 0 aliphatic heterocycles. The van der Waals surface area contributed by atoms with Crippen molar-refractivity contribution in [1.29, 1.82) is 0 Å². The predicted molar refractivity (Wildman–Crippen MR) is 52.5 cm³/mol. The molecule has 0 heterocycles. The van der Waals surface area contributed by atoms with Crippen LogP contribution in [0.15, 0.2) is 30.3 Å². The number of aryl methyl sites for hydroxylation is 1. The fourth-order valence-electron chi connectivity index (χ4n) is 1.00. The Bertz CT molecular complexity index is 334. The Kier molecular flexibility index (Phi) is 2.85. The van der Waals surface area contributed by atoms with Crippen molar-refractivity contribution in [2.24, 2.45) is 0 Å². The minimum atomic E-state index is -0.155. The number of allylic oxidation sites excluding steroid dienone is 1. The first-order chi connectivity index (χ1) is 6.09. The van der Waals surface area contributed by atoms with Crippen LogP contribution in [-0.4, -0.2) is 10.9 Å². The standard InChI is InChI=1S/C11H12O2/c1-8-3-5-10(6-4-8)11(13)7-9(2)12/h3-7,13H,1-2H3. The van der Waals surface area contributed by atoms with Crippen LogP contribution in [0.4, 0.5) is 0 Å². The van der Waals surface area contributed by atoms with Gasteiger partial charge in [-0.05, 0) is 13.8 Å². The molecule has 2 heteroatoms. The number of ketones is 1. The minimum Gasteiger partial charge on any atom is -0.507 e. The van der Waals surface area contributed by atoms with Gasteiger partial charge >= 0.3 is 0 Å². The summed E-state index contributed by atoms with van der Waals surface area (Å²) in [6.07, 6.45) is 1.21. The zero-order valence-electron chi connectivity index (χ0n) is 7.74. The summed E-state index contributed by atoms with van der Waals surface area (Å²) in [4.78, 5) is 10.7. The lowest BCUT2D eigenvalue weighted by Gasteiger charge is -1.99. The van der Waals surface area contributed by atoms with Gasteiger partial charge in [0.1, 0.15) is 5.76 Å². The Balaban J connectivity index is 2.96. The third-order valence-corrected chi connectivity index (χ3v) is 1.69. The maximum Gasteiger partial charge on any atom is 0.156 e. The molecule has 0 unspecified atom stereocenters. The van der Waals surface area contributed by atoms with Crippen LogP contribution in [0.5, 0.6) is 0 Å². The van der Waals surface area contributed by atoms with Crippen LogP contribution in [0.2, 0.25) is 0 Å². The second-order valence-corrected chi connectivity index (χ2v) is 3.01. The van der Waals surface area contributed by atoms with Gasteiger partial charge in [0.2, 0.25) is 0 Å². The number of carbonyl (C=O) groups excluding carboxylic acids is 1. The highest BCUT2D eigenvalue weighted by molar-refractivity contribution is 5.93. The van der Waals surface area contributed by atoms with Crippen molar-refractivity contribution >= 4 is 11.5 Å². The fraction of sp³-hybridized carbons (Fsp3) is 0.182. The molecule has 0 radical (unpaired) electrons. The molecule has 0 amide bonds. The van der Waals surface area contributed by atoms with E-state index in [9.17, 15) is 9.90 Å². The minimum absolute atomic E-state index is 0.0208. The molecule has 13 heavy (non-hydrogen) atoms. The van der Waals surface area contributed by atoms with E-state index in [0.717, 1.165) is 5.56 Å². The van der Waals surface area contributed by atoms with Gasteiger partial charge in [0.05, 0.1) is 0 Å². The summed E-state index contributed by atoms with van der Waals surface area (Å²) in [5.41, 5.74) is 1.79. The van der Waals surface area contributed by atoms with Crippen molar-refractivity contribution in [3.8, 4) is 0 Å². The number of hydrogen-bond acceptors (Lipinski definition) is 2. The average molecular weight is 176 g/mol. The van der Waals surface area contributed by atoms with Crippen LogP contribution < -0.4 is 0 Å². The normalized spacial score (nSPS) is 11.4.